The van der Waals surface area contributed by atoms with Gasteiger partial charge in [-0.3, -0.25) is 4.79 Å². The van der Waals surface area contributed by atoms with E-state index in [4.69, 9.17) is 9.47 Å². The second kappa shape index (κ2) is 10.4. The summed E-state index contributed by atoms with van der Waals surface area (Å²) in [6.45, 7) is 0.176. The maximum absolute atomic E-state index is 12.7. The number of ether oxygens (including phenoxy) is 2. The lowest BCUT2D eigenvalue weighted by molar-refractivity contribution is -0.121. The van der Waals surface area contributed by atoms with Crippen LogP contribution in [-0.2, 0) is 14.8 Å². The molecule has 2 aromatic rings. The molecule has 28 heavy (non-hydrogen) atoms. The van der Waals surface area contributed by atoms with Gasteiger partial charge in [0.2, 0.25) is 15.9 Å². The number of benzene rings is 2. The van der Waals surface area contributed by atoms with Gasteiger partial charge < -0.3 is 14.8 Å². The SMILES string of the molecule is COc1ccc(S(=O)(=O)N(C)CC(=O)NCCSc2ccccc2)cc1OC. The van der Waals surface area contributed by atoms with Crippen molar-refractivity contribution >= 4 is 27.7 Å². The van der Waals surface area contributed by atoms with Crippen LogP contribution in [0.4, 0.5) is 0 Å². The van der Waals surface area contributed by atoms with Crippen LogP contribution in [0.3, 0.4) is 0 Å². The number of methoxy groups -OCH3 is 2. The zero-order valence-corrected chi connectivity index (χ0v) is 17.7. The van der Waals surface area contributed by atoms with Crippen molar-refractivity contribution in [3.63, 3.8) is 0 Å². The Morgan fingerprint density at radius 1 is 1.07 bits per heavy atom. The topological polar surface area (TPSA) is 84.9 Å². The van der Waals surface area contributed by atoms with Crippen molar-refractivity contribution < 1.29 is 22.7 Å². The van der Waals surface area contributed by atoms with Crippen LogP contribution in [0.1, 0.15) is 0 Å². The maximum Gasteiger partial charge on any atom is 0.243 e. The zero-order valence-electron chi connectivity index (χ0n) is 16.0. The molecule has 0 saturated carbocycles. The molecular formula is C19H24N2O5S2. The van der Waals surface area contributed by atoms with Gasteiger partial charge in [-0.25, -0.2) is 8.42 Å². The second-order valence-corrected chi connectivity index (χ2v) is 9.00. The lowest BCUT2D eigenvalue weighted by atomic mass is 10.3. The van der Waals surface area contributed by atoms with Crippen LogP contribution in [-0.4, -0.2) is 58.7 Å². The van der Waals surface area contributed by atoms with Crippen LogP contribution in [0.15, 0.2) is 58.3 Å². The summed E-state index contributed by atoms with van der Waals surface area (Å²) < 4.78 is 36.7. The first-order chi connectivity index (χ1) is 13.4. The molecule has 2 aromatic carbocycles. The molecule has 152 valence electrons. The fraction of sp³-hybridized carbons (Fsp3) is 0.316. The van der Waals surface area contributed by atoms with E-state index in [0.29, 0.717) is 23.8 Å². The summed E-state index contributed by atoms with van der Waals surface area (Å²) in [6.07, 6.45) is 0. The molecule has 0 bridgehead atoms. The first-order valence-corrected chi connectivity index (χ1v) is 10.9. The van der Waals surface area contributed by atoms with Crippen molar-refractivity contribution in [2.45, 2.75) is 9.79 Å². The summed E-state index contributed by atoms with van der Waals surface area (Å²) in [6, 6.07) is 14.2. The fourth-order valence-corrected chi connectivity index (χ4v) is 4.31. The predicted octanol–water partition coefficient (Wildman–Crippen LogP) is 2.23. The molecule has 9 heteroatoms. The van der Waals surface area contributed by atoms with Gasteiger partial charge in [0.15, 0.2) is 11.5 Å². The zero-order chi connectivity index (χ0) is 20.6. The molecule has 0 heterocycles. The molecule has 0 aromatic heterocycles. The molecule has 0 radical (unpaired) electrons. The van der Waals surface area contributed by atoms with Gasteiger partial charge in [-0.2, -0.15) is 4.31 Å². The first kappa shape index (κ1) is 22.1. The van der Waals surface area contributed by atoms with Gasteiger partial charge in [-0.15, -0.1) is 11.8 Å². The number of thioether (sulfide) groups is 1. The Hall–Kier alpha value is -2.23. The lowest BCUT2D eigenvalue weighted by Gasteiger charge is -2.18. The van der Waals surface area contributed by atoms with E-state index >= 15 is 0 Å². The molecule has 0 unspecified atom stereocenters. The molecule has 0 spiro atoms. The van der Waals surface area contributed by atoms with Crippen molar-refractivity contribution in [3.05, 3.63) is 48.5 Å². The Bertz CT molecular complexity index is 888. The Balaban J connectivity index is 1.89. The highest BCUT2D eigenvalue weighted by Gasteiger charge is 2.24. The molecule has 1 amide bonds. The van der Waals surface area contributed by atoms with E-state index in [1.165, 1.54) is 39.5 Å². The summed E-state index contributed by atoms with van der Waals surface area (Å²) >= 11 is 1.62. The molecule has 0 atom stereocenters. The van der Waals surface area contributed by atoms with Crippen molar-refractivity contribution in [2.24, 2.45) is 0 Å². The Kier molecular flexibility index (Phi) is 8.16. The van der Waals surface area contributed by atoms with Gasteiger partial charge in [-0.1, -0.05) is 18.2 Å². The van der Waals surface area contributed by atoms with E-state index in [1.807, 2.05) is 30.3 Å². The van der Waals surface area contributed by atoms with Crippen molar-refractivity contribution in [2.75, 3.05) is 40.1 Å². The molecular weight excluding hydrogens is 400 g/mol. The number of carbonyl (C=O) groups excluding carboxylic acids is 1. The number of carbonyl (C=O) groups is 1. The molecule has 0 saturated heterocycles. The van der Waals surface area contributed by atoms with E-state index in [1.54, 1.807) is 11.8 Å². The van der Waals surface area contributed by atoms with Gasteiger partial charge in [0.1, 0.15) is 0 Å². The van der Waals surface area contributed by atoms with Crippen LogP contribution in [0, 0.1) is 0 Å². The summed E-state index contributed by atoms with van der Waals surface area (Å²) in [5.74, 6) is 1.07. The minimum Gasteiger partial charge on any atom is -0.493 e. The number of hydrogen-bond donors (Lipinski definition) is 1. The van der Waals surface area contributed by atoms with Crippen molar-refractivity contribution in [3.8, 4) is 11.5 Å². The third-order valence-corrected chi connectivity index (χ3v) is 6.68. The lowest BCUT2D eigenvalue weighted by Crippen LogP contribution is -2.39. The average molecular weight is 425 g/mol. The molecule has 2 rings (SSSR count). The average Bonchev–Trinajstić information content (AvgIpc) is 2.71. The first-order valence-electron chi connectivity index (χ1n) is 8.51. The number of sulfonamides is 1. The Morgan fingerprint density at radius 2 is 1.75 bits per heavy atom. The quantitative estimate of drug-likeness (QED) is 0.465. The summed E-state index contributed by atoms with van der Waals surface area (Å²) in [7, 11) is 0.432. The molecule has 1 N–H and O–H groups in total. The highest BCUT2D eigenvalue weighted by atomic mass is 32.2. The second-order valence-electron chi connectivity index (χ2n) is 5.79. The van der Waals surface area contributed by atoms with Gasteiger partial charge in [0.05, 0.1) is 25.7 Å². The van der Waals surface area contributed by atoms with Gasteiger partial charge in [0.25, 0.3) is 0 Å². The summed E-state index contributed by atoms with van der Waals surface area (Å²) in [5.41, 5.74) is 0. The van der Waals surface area contributed by atoms with E-state index in [9.17, 15) is 13.2 Å². The molecule has 0 aliphatic heterocycles. The Labute approximate surface area is 170 Å². The van der Waals surface area contributed by atoms with E-state index in [-0.39, 0.29) is 17.3 Å². The number of nitrogens with zero attached hydrogens (tertiary/aromatic N) is 1. The third kappa shape index (κ3) is 5.88. The number of rotatable bonds is 10. The van der Waals surface area contributed by atoms with Crippen molar-refractivity contribution in [1.29, 1.82) is 0 Å². The predicted molar refractivity (Wildman–Crippen MR) is 110 cm³/mol. The highest BCUT2D eigenvalue weighted by Crippen LogP contribution is 2.30. The highest BCUT2D eigenvalue weighted by molar-refractivity contribution is 7.99. The molecule has 7 nitrogen and oxygen atoms in total. The van der Waals surface area contributed by atoms with Gasteiger partial charge in [-0.05, 0) is 24.3 Å². The third-order valence-electron chi connectivity index (χ3n) is 3.87. The van der Waals surface area contributed by atoms with Gasteiger partial charge in [0, 0.05) is 30.3 Å². The molecule has 0 aliphatic carbocycles. The standard InChI is InChI=1S/C19H24N2O5S2/c1-21(14-19(22)20-11-12-27-15-7-5-4-6-8-15)28(23,24)16-9-10-17(25-2)18(13-16)26-3/h4-10,13H,11-12,14H2,1-3H3,(H,20,22). The smallest absolute Gasteiger partial charge is 0.243 e. The number of hydrogen-bond acceptors (Lipinski definition) is 6. The normalized spacial score (nSPS) is 11.3. The van der Waals surface area contributed by atoms with Crippen LogP contribution in [0.25, 0.3) is 0 Å². The number of nitrogens with one attached hydrogen (secondary N) is 1. The summed E-state index contributed by atoms with van der Waals surface area (Å²) in [5, 5.41) is 2.74. The molecule has 0 aliphatic rings. The largest absolute Gasteiger partial charge is 0.493 e. The number of likely N-dealkylation sites (N-methyl/N-ethyl adjacent to an activating group) is 1. The maximum atomic E-state index is 12.7. The monoisotopic (exact) mass is 424 g/mol. The van der Waals surface area contributed by atoms with Crippen LogP contribution >= 0.6 is 11.8 Å². The van der Waals surface area contributed by atoms with Crippen LogP contribution < -0.4 is 14.8 Å². The van der Waals surface area contributed by atoms with Crippen LogP contribution in [0.5, 0.6) is 11.5 Å². The van der Waals surface area contributed by atoms with E-state index < -0.39 is 10.0 Å². The Morgan fingerprint density at radius 3 is 2.39 bits per heavy atom. The summed E-state index contributed by atoms with van der Waals surface area (Å²) in [4.78, 5) is 13.2. The number of amides is 1. The fourth-order valence-electron chi connectivity index (χ4n) is 2.38. The van der Waals surface area contributed by atoms with Gasteiger partial charge >= 0.3 is 0 Å². The minimum absolute atomic E-state index is 0.0279. The van der Waals surface area contributed by atoms with Crippen LogP contribution in [0.2, 0.25) is 0 Å². The van der Waals surface area contributed by atoms with E-state index in [2.05, 4.69) is 5.32 Å². The minimum atomic E-state index is -3.83. The van der Waals surface area contributed by atoms with E-state index in [0.717, 1.165) is 9.20 Å². The van der Waals surface area contributed by atoms with Crippen molar-refractivity contribution in [1.82, 2.24) is 9.62 Å². The molecule has 0 fully saturated rings.